The molecule has 4 N–H and O–H groups in total. The van der Waals surface area contributed by atoms with Gasteiger partial charge in [-0.25, -0.2) is 4.79 Å². The highest BCUT2D eigenvalue weighted by Gasteiger charge is 1.95. The summed E-state index contributed by atoms with van der Waals surface area (Å²) in [6.45, 7) is 14.8. The minimum atomic E-state index is -0.435. The van der Waals surface area contributed by atoms with Gasteiger partial charge in [0.15, 0.2) is 0 Å². The second kappa shape index (κ2) is 15.6. The van der Waals surface area contributed by atoms with Crippen LogP contribution in [0, 0.1) is 0 Å². The van der Waals surface area contributed by atoms with Gasteiger partial charge in [-0.2, -0.15) is 0 Å². The van der Waals surface area contributed by atoms with Crippen molar-refractivity contribution in [1.29, 1.82) is 0 Å². The van der Waals surface area contributed by atoms with E-state index in [2.05, 4.69) is 29.8 Å². The number of primary amides is 1. The van der Waals surface area contributed by atoms with Crippen molar-refractivity contribution in [3.8, 4) is 0 Å². The molecule has 0 aliphatic heterocycles. The van der Waals surface area contributed by atoms with Crippen LogP contribution < -0.4 is 11.1 Å². The number of rotatable bonds is 5. The third-order valence-corrected chi connectivity index (χ3v) is 1.50. The Bertz CT molecular complexity index is 377. The quantitative estimate of drug-likeness (QED) is 0.386. The molecule has 0 aliphatic carbocycles. The minimum Gasteiger partial charge on any atom is -0.463 e. The van der Waals surface area contributed by atoms with Gasteiger partial charge in [0.2, 0.25) is 11.8 Å². The Morgan fingerprint density at radius 1 is 1.24 bits per heavy atom. The molecule has 0 atom stereocenters. The van der Waals surface area contributed by atoms with Crippen LogP contribution in [0.2, 0.25) is 0 Å². The van der Waals surface area contributed by atoms with E-state index in [9.17, 15) is 14.4 Å². The average molecular weight is 300 g/mol. The SMILES string of the molecule is C=C(C)C(=O)NCO.C=C(C)C(N)=O.C=CC(=O)OCC. The number of carbonyl (C=O) groups is 3. The van der Waals surface area contributed by atoms with Gasteiger partial charge in [0.25, 0.3) is 0 Å². The standard InChI is InChI=1S/C5H9NO2.C5H8O2.C4H7NO/c1-4(2)5(8)6-3-7;1-3-5(6)7-4-2;1-3(2)4(5)6/h7H,1,3H2,2H3,(H,6,8);3H,1,4H2,2H3;1H2,2H3,(H2,5,6). The first kappa shape index (κ1) is 23.7. The Balaban J connectivity index is -0.000000234. The normalized spacial score (nSPS) is 7.81. The van der Waals surface area contributed by atoms with Crippen LogP contribution in [-0.4, -0.2) is 36.2 Å². The van der Waals surface area contributed by atoms with Crippen molar-refractivity contribution in [2.45, 2.75) is 20.8 Å². The van der Waals surface area contributed by atoms with Gasteiger partial charge >= 0.3 is 5.97 Å². The van der Waals surface area contributed by atoms with E-state index in [0.29, 0.717) is 17.8 Å². The fourth-order valence-corrected chi connectivity index (χ4v) is 0.424. The van der Waals surface area contributed by atoms with Crippen molar-refractivity contribution in [3.05, 3.63) is 37.0 Å². The van der Waals surface area contributed by atoms with Crippen molar-refractivity contribution >= 4 is 17.8 Å². The van der Waals surface area contributed by atoms with E-state index in [0.717, 1.165) is 6.08 Å². The molecule has 0 aromatic heterocycles. The summed E-state index contributed by atoms with van der Waals surface area (Å²) in [6.07, 6.45) is 1.14. The molecule has 7 nitrogen and oxygen atoms in total. The van der Waals surface area contributed by atoms with Gasteiger partial charge in [-0.15, -0.1) is 0 Å². The Morgan fingerprint density at radius 3 is 1.76 bits per heavy atom. The molecule has 21 heavy (non-hydrogen) atoms. The molecule has 2 amide bonds. The van der Waals surface area contributed by atoms with Crippen LogP contribution >= 0.6 is 0 Å². The Hall–Kier alpha value is -2.41. The number of amides is 2. The summed E-state index contributed by atoms with van der Waals surface area (Å²) >= 11 is 0. The molecule has 0 saturated heterocycles. The Morgan fingerprint density at radius 2 is 1.67 bits per heavy atom. The molecule has 0 aliphatic rings. The van der Waals surface area contributed by atoms with E-state index >= 15 is 0 Å². The zero-order chi connectivity index (χ0) is 17.4. The van der Waals surface area contributed by atoms with Crippen LogP contribution in [0.3, 0.4) is 0 Å². The monoisotopic (exact) mass is 300 g/mol. The molecule has 0 unspecified atom stereocenters. The largest absolute Gasteiger partial charge is 0.463 e. The van der Waals surface area contributed by atoms with Gasteiger partial charge in [0, 0.05) is 17.2 Å². The highest BCUT2D eigenvalue weighted by Crippen LogP contribution is 1.82. The van der Waals surface area contributed by atoms with E-state index < -0.39 is 5.91 Å². The molecular formula is C14H24N2O5. The molecule has 0 fully saturated rings. The van der Waals surface area contributed by atoms with Crippen LogP contribution in [0.4, 0.5) is 0 Å². The molecule has 0 heterocycles. The molecule has 7 heteroatoms. The van der Waals surface area contributed by atoms with Gasteiger partial charge < -0.3 is 20.9 Å². The van der Waals surface area contributed by atoms with Crippen molar-refractivity contribution in [2.75, 3.05) is 13.3 Å². The van der Waals surface area contributed by atoms with Crippen LogP contribution in [0.1, 0.15) is 20.8 Å². The maximum absolute atomic E-state index is 10.4. The highest BCUT2D eigenvalue weighted by atomic mass is 16.5. The molecule has 0 radical (unpaired) electrons. The lowest BCUT2D eigenvalue weighted by atomic mass is 10.3. The minimum absolute atomic E-state index is 0.312. The lowest BCUT2D eigenvalue weighted by Crippen LogP contribution is -2.24. The Labute approximate surface area is 125 Å². The number of esters is 1. The zero-order valence-corrected chi connectivity index (χ0v) is 12.8. The molecule has 120 valence electrons. The van der Waals surface area contributed by atoms with E-state index in [4.69, 9.17) is 10.8 Å². The number of nitrogens with two attached hydrogens (primary N) is 1. The number of aliphatic hydroxyl groups excluding tert-OH is 1. The molecule has 0 bridgehead atoms. The summed E-state index contributed by atoms with van der Waals surface area (Å²) in [5, 5.41) is 10.3. The second-order valence-electron chi connectivity index (χ2n) is 3.55. The van der Waals surface area contributed by atoms with Gasteiger partial charge in [-0.1, -0.05) is 19.7 Å². The second-order valence-corrected chi connectivity index (χ2v) is 3.55. The zero-order valence-electron chi connectivity index (χ0n) is 12.8. The maximum Gasteiger partial charge on any atom is 0.330 e. The van der Waals surface area contributed by atoms with Crippen LogP contribution in [0.5, 0.6) is 0 Å². The number of ether oxygens (including phenoxy) is 1. The first-order chi connectivity index (χ1) is 9.63. The molecular weight excluding hydrogens is 276 g/mol. The van der Waals surface area contributed by atoms with Gasteiger partial charge in [0.05, 0.1) is 6.61 Å². The van der Waals surface area contributed by atoms with Gasteiger partial charge in [-0.05, 0) is 20.8 Å². The van der Waals surface area contributed by atoms with Gasteiger partial charge in [-0.3, -0.25) is 9.59 Å². The lowest BCUT2D eigenvalue weighted by Gasteiger charge is -1.96. The van der Waals surface area contributed by atoms with Crippen LogP contribution in [0.25, 0.3) is 0 Å². The van der Waals surface area contributed by atoms with Crippen molar-refractivity contribution in [2.24, 2.45) is 5.73 Å². The summed E-state index contributed by atoms with van der Waals surface area (Å²) in [5.41, 5.74) is 5.50. The summed E-state index contributed by atoms with van der Waals surface area (Å²) in [7, 11) is 0. The van der Waals surface area contributed by atoms with Crippen LogP contribution in [-0.2, 0) is 19.1 Å². The lowest BCUT2D eigenvalue weighted by molar-refractivity contribution is -0.137. The molecule has 0 rings (SSSR count). The third kappa shape index (κ3) is 23.1. The van der Waals surface area contributed by atoms with E-state index in [1.807, 2.05) is 0 Å². The smallest absolute Gasteiger partial charge is 0.330 e. The topological polar surface area (TPSA) is 119 Å². The predicted octanol–water partition coefficient (Wildman–Crippen LogP) is 0.412. The Kier molecular flexibility index (Phi) is 17.6. The molecule has 0 saturated carbocycles. The van der Waals surface area contributed by atoms with E-state index in [-0.39, 0.29) is 18.6 Å². The van der Waals surface area contributed by atoms with E-state index in [1.165, 1.54) is 0 Å². The van der Waals surface area contributed by atoms with Crippen molar-refractivity contribution in [3.63, 3.8) is 0 Å². The fourth-order valence-electron chi connectivity index (χ4n) is 0.424. The molecule has 0 aromatic rings. The fraction of sp³-hybridized carbons (Fsp3) is 0.357. The number of hydrogen-bond donors (Lipinski definition) is 3. The predicted molar refractivity (Wildman–Crippen MR) is 80.9 cm³/mol. The summed E-state index contributed by atoms with van der Waals surface area (Å²) in [4.78, 5) is 30.3. The third-order valence-electron chi connectivity index (χ3n) is 1.50. The van der Waals surface area contributed by atoms with Crippen molar-refractivity contribution < 1.29 is 24.2 Å². The number of aliphatic hydroxyl groups is 1. The number of nitrogens with one attached hydrogen (secondary N) is 1. The number of carbonyl (C=O) groups excluding carboxylic acids is 3. The number of hydrogen-bond acceptors (Lipinski definition) is 5. The van der Waals surface area contributed by atoms with Gasteiger partial charge in [0.1, 0.15) is 6.73 Å². The molecule has 0 spiro atoms. The average Bonchev–Trinajstić information content (AvgIpc) is 2.40. The maximum atomic E-state index is 10.4. The van der Waals surface area contributed by atoms with Crippen LogP contribution in [0.15, 0.2) is 37.0 Å². The van der Waals surface area contributed by atoms with Crippen molar-refractivity contribution in [1.82, 2.24) is 5.32 Å². The summed E-state index contributed by atoms with van der Waals surface area (Å²) in [6, 6.07) is 0. The van der Waals surface area contributed by atoms with E-state index in [1.54, 1.807) is 20.8 Å². The highest BCUT2D eigenvalue weighted by molar-refractivity contribution is 5.91. The first-order valence-corrected chi connectivity index (χ1v) is 5.92. The summed E-state index contributed by atoms with van der Waals surface area (Å²) < 4.78 is 4.43. The summed E-state index contributed by atoms with van der Waals surface area (Å²) in [5.74, 6) is -1.11. The molecule has 0 aromatic carbocycles. The first-order valence-electron chi connectivity index (χ1n) is 5.92.